The summed E-state index contributed by atoms with van der Waals surface area (Å²) < 4.78 is 5.23. The van der Waals surface area contributed by atoms with Crippen molar-refractivity contribution in [2.45, 2.75) is 51.4 Å². The highest BCUT2D eigenvalue weighted by atomic mass is 35.5. The van der Waals surface area contributed by atoms with Gasteiger partial charge in [-0.15, -0.1) is 0 Å². The fraction of sp³-hybridized carbons (Fsp3) is 0.522. The van der Waals surface area contributed by atoms with Crippen LogP contribution < -0.4 is 0 Å². The molecular weight excluding hydrogens is 436 g/mol. The van der Waals surface area contributed by atoms with Crippen LogP contribution in [0.4, 0.5) is 0 Å². The zero-order valence-corrected chi connectivity index (χ0v) is 18.8. The lowest BCUT2D eigenvalue weighted by Gasteiger charge is -2.26. The van der Waals surface area contributed by atoms with E-state index in [0.29, 0.717) is 12.1 Å². The molecule has 0 unspecified atom stereocenters. The number of ether oxygens (including phenoxy) is 1. The molecule has 0 radical (unpaired) electrons. The van der Waals surface area contributed by atoms with Gasteiger partial charge in [-0.3, -0.25) is 4.79 Å². The number of halogens is 1. The number of phenolic OH excluding ortho intramolecular Hbond substituents is 2. The number of amides is 1. The van der Waals surface area contributed by atoms with E-state index in [2.05, 4.69) is 5.16 Å². The Balaban J connectivity index is 1.82. The second kappa shape index (κ2) is 11.8. The van der Waals surface area contributed by atoms with Gasteiger partial charge in [0.2, 0.25) is 0 Å². The highest BCUT2D eigenvalue weighted by Crippen LogP contribution is 2.37. The third kappa shape index (κ3) is 6.38. The maximum absolute atomic E-state index is 12.6. The Bertz CT molecular complexity index is 893. The van der Waals surface area contributed by atoms with Crippen LogP contribution in [0.25, 0.3) is 0 Å². The molecule has 0 bridgehead atoms. The molecule has 1 amide bonds. The lowest BCUT2D eigenvalue weighted by Crippen LogP contribution is -2.37. The summed E-state index contributed by atoms with van der Waals surface area (Å²) in [6, 6.07) is 1.01. The van der Waals surface area contributed by atoms with Crippen LogP contribution in [0.2, 0.25) is 5.02 Å². The van der Waals surface area contributed by atoms with Crippen molar-refractivity contribution in [3.8, 4) is 11.5 Å². The number of fused-ring (bicyclic) bond motifs is 1. The van der Waals surface area contributed by atoms with Crippen molar-refractivity contribution < 1.29 is 29.4 Å². The highest BCUT2D eigenvalue weighted by Gasteiger charge is 2.25. The molecule has 32 heavy (non-hydrogen) atoms. The zero-order valence-electron chi connectivity index (χ0n) is 18.0. The van der Waals surface area contributed by atoms with Crippen LogP contribution in [-0.2, 0) is 20.8 Å². The van der Waals surface area contributed by atoms with E-state index in [1.807, 2.05) is 6.08 Å². The van der Waals surface area contributed by atoms with Crippen LogP contribution in [-0.4, -0.2) is 59.0 Å². The molecule has 2 aliphatic rings. The van der Waals surface area contributed by atoms with Crippen LogP contribution in [0.3, 0.4) is 0 Å². The number of carbonyl (C=O) groups excluding carboxylic acids is 2. The van der Waals surface area contributed by atoms with Gasteiger partial charge in [-0.1, -0.05) is 28.9 Å². The average Bonchev–Trinajstić information content (AvgIpc) is 2.80. The number of esters is 1. The van der Waals surface area contributed by atoms with E-state index in [4.69, 9.17) is 21.2 Å². The minimum absolute atomic E-state index is 0.0581. The molecule has 8 nitrogen and oxygen atoms in total. The molecule has 0 aromatic heterocycles. The van der Waals surface area contributed by atoms with Crippen molar-refractivity contribution in [2.75, 3.05) is 26.3 Å². The molecule has 3 rings (SSSR count). The van der Waals surface area contributed by atoms with Gasteiger partial charge in [0.1, 0.15) is 23.7 Å². The van der Waals surface area contributed by atoms with E-state index in [1.54, 1.807) is 11.0 Å². The topological polar surface area (TPSA) is 109 Å². The van der Waals surface area contributed by atoms with Crippen molar-refractivity contribution in [3.05, 3.63) is 34.4 Å². The molecular formula is C23H29ClN2O6. The van der Waals surface area contributed by atoms with E-state index < -0.39 is 11.7 Å². The lowest BCUT2D eigenvalue weighted by atomic mass is 9.97. The molecule has 0 spiro atoms. The number of benzene rings is 1. The van der Waals surface area contributed by atoms with Crippen molar-refractivity contribution in [3.63, 3.8) is 0 Å². The summed E-state index contributed by atoms with van der Waals surface area (Å²) in [6.45, 7) is 1.37. The number of rotatable bonds is 3. The van der Waals surface area contributed by atoms with Crippen LogP contribution in [0.1, 0.15) is 60.9 Å². The molecule has 1 saturated heterocycles. The van der Waals surface area contributed by atoms with Gasteiger partial charge in [0.15, 0.2) is 6.61 Å². The largest absolute Gasteiger partial charge is 0.507 e. The summed E-state index contributed by atoms with van der Waals surface area (Å²) in [5.74, 6) is -1.63. The van der Waals surface area contributed by atoms with Gasteiger partial charge in [-0.25, -0.2) is 4.79 Å². The Morgan fingerprint density at radius 3 is 2.69 bits per heavy atom. The summed E-state index contributed by atoms with van der Waals surface area (Å²) in [4.78, 5) is 32.1. The first-order valence-electron chi connectivity index (χ1n) is 11.0. The van der Waals surface area contributed by atoms with Gasteiger partial charge >= 0.3 is 5.97 Å². The molecule has 9 heteroatoms. The number of nitrogens with zero attached hydrogens (tertiary/aromatic N) is 2. The Labute approximate surface area is 192 Å². The standard InChI is InChI=1S/C23H29ClN2O6/c24-22-17-13-16(25-32-15-20(29)26-10-6-4-7-11-26)9-5-2-1-3-8-12-31-23(30)21(17)18(27)14-19(22)28/h3,8,14,27-28H,1-2,4-7,9-13,15H2. The number of phenols is 2. The predicted molar refractivity (Wildman–Crippen MR) is 120 cm³/mol. The van der Waals surface area contributed by atoms with Gasteiger partial charge in [0.25, 0.3) is 5.91 Å². The highest BCUT2D eigenvalue weighted by molar-refractivity contribution is 6.33. The molecule has 0 aliphatic carbocycles. The SMILES string of the molecule is O=C1OCC=CCCCCC(=NOCC(=O)N2CCCCC2)Cc2c(Cl)c(O)cc(O)c21. The second-order valence-electron chi connectivity index (χ2n) is 7.95. The first-order valence-corrected chi connectivity index (χ1v) is 11.4. The van der Waals surface area contributed by atoms with Gasteiger partial charge < -0.3 is 24.7 Å². The fourth-order valence-electron chi connectivity index (χ4n) is 3.83. The Hall–Kier alpha value is -2.74. The van der Waals surface area contributed by atoms with E-state index in [0.717, 1.165) is 57.7 Å². The van der Waals surface area contributed by atoms with E-state index in [-0.39, 0.29) is 47.4 Å². The summed E-state index contributed by atoms with van der Waals surface area (Å²) in [5.41, 5.74) is 0.653. The fourth-order valence-corrected chi connectivity index (χ4v) is 4.05. The first kappa shape index (κ1) is 23.9. The van der Waals surface area contributed by atoms with Crippen LogP contribution in [0.15, 0.2) is 23.4 Å². The average molecular weight is 465 g/mol. The molecule has 2 heterocycles. The number of likely N-dealkylation sites (tertiary alicyclic amines) is 1. The minimum Gasteiger partial charge on any atom is -0.507 e. The van der Waals surface area contributed by atoms with Gasteiger partial charge in [0, 0.05) is 25.6 Å². The van der Waals surface area contributed by atoms with Crippen molar-refractivity contribution in [1.29, 1.82) is 0 Å². The maximum atomic E-state index is 12.6. The zero-order chi connectivity index (χ0) is 22.9. The van der Waals surface area contributed by atoms with Crippen molar-refractivity contribution in [2.24, 2.45) is 5.16 Å². The number of cyclic esters (lactones) is 1. The smallest absolute Gasteiger partial charge is 0.342 e. The van der Waals surface area contributed by atoms with Gasteiger partial charge in [-0.05, 0) is 50.5 Å². The number of carbonyl (C=O) groups is 2. The number of hydrogen-bond donors (Lipinski definition) is 2. The molecule has 1 aromatic rings. The summed E-state index contributed by atoms with van der Waals surface area (Å²) in [5, 5.41) is 24.5. The third-order valence-electron chi connectivity index (χ3n) is 5.56. The normalized spacial score (nSPS) is 19.3. The van der Waals surface area contributed by atoms with Crippen LogP contribution in [0.5, 0.6) is 11.5 Å². The lowest BCUT2D eigenvalue weighted by molar-refractivity contribution is -0.137. The second-order valence-corrected chi connectivity index (χ2v) is 8.33. The minimum atomic E-state index is -0.746. The number of aromatic hydroxyl groups is 2. The molecule has 2 N–H and O–H groups in total. The van der Waals surface area contributed by atoms with Crippen molar-refractivity contribution >= 4 is 29.2 Å². The number of hydrogen-bond acceptors (Lipinski definition) is 7. The Kier molecular flexibility index (Phi) is 8.79. The monoisotopic (exact) mass is 464 g/mol. The van der Waals surface area contributed by atoms with E-state index in [1.165, 1.54) is 0 Å². The third-order valence-corrected chi connectivity index (χ3v) is 5.98. The Morgan fingerprint density at radius 1 is 1.12 bits per heavy atom. The predicted octanol–water partition coefficient (Wildman–Crippen LogP) is 3.97. The van der Waals surface area contributed by atoms with Crippen molar-refractivity contribution in [1.82, 2.24) is 4.90 Å². The molecule has 2 aliphatic heterocycles. The molecule has 0 saturated carbocycles. The summed E-state index contributed by atoms with van der Waals surface area (Å²) in [7, 11) is 0. The summed E-state index contributed by atoms with van der Waals surface area (Å²) in [6.07, 6.45) is 9.92. The Morgan fingerprint density at radius 2 is 1.91 bits per heavy atom. The number of piperidine rings is 1. The number of oxime groups is 1. The van der Waals surface area contributed by atoms with Gasteiger partial charge in [0.05, 0.1) is 10.7 Å². The van der Waals surface area contributed by atoms with E-state index >= 15 is 0 Å². The first-order chi connectivity index (χ1) is 15.5. The molecule has 174 valence electrons. The van der Waals surface area contributed by atoms with Gasteiger partial charge in [-0.2, -0.15) is 0 Å². The summed E-state index contributed by atoms with van der Waals surface area (Å²) >= 11 is 6.29. The maximum Gasteiger partial charge on any atom is 0.342 e. The van der Waals surface area contributed by atoms with E-state index in [9.17, 15) is 19.8 Å². The molecule has 1 fully saturated rings. The van der Waals surface area contributed by atoms with Crippen LogP contribution >= 0.6 is 11.6 Å². The quantitative estimate of drug-likeness (QED) is 0.398. The molecule has 0 atom stereocenters. The van der Waals surface area contributed by atoms with Crippen LogP contribution in [0, 0.1) is 0 Å². The number of allylic oxidation sites excluding steroid dienone is 1. The molecule has 1 aromatic carbocycles.